The standard InChI is InChI=1S/C24H19ClN4O2/c25-20-7-6-16(23(30)29-21-12-18(21)14-4-2-1-3-5-14)11-19(20)24(31)28-17-10-15-8-9-26-22(15)27-13-17/h1-11,13,18,21H,12H2,(H,26,27)(H,28,31)(H,29,30)/t18-,21+/m1/s1. The summed E-state index contributed by atoms with van der Waals surface area (Å²) >= 11 is 6.25. The molecule has 1 aliphatic carbocycles. The van der Waals surface area contributed by atoms with Crippen LogP contribution in [0.2, 0.25) is 5.02 Å². The van der Waals surface area contributed by atoms with Gasteiger partial charge in [0.05, 0.1) is 22.5 Å². The molecule has 2 amide bonds. The van der Waals surface area contributed by atoms with Crippen LogP contribution >= 0.6 is 11.6 Å². The fourth-order valence-corrected chi connectivity index (χ4v) is 3.93. The highest BCUT2D eigenvalue weighted by molar-refractivity contribution is 6.34. The van der Waals surface area contributed by atoms with E-state index in [1.807, 2.05) is 30.3 Å². The van der Waals surface area contributed by atoms with E-state index in [9.17, 15) is 9.59 Å². The fourth-order valence-electron chi connectivity index (χ4n) is 3.72. The molecule has 6 nitrogen and oxygen atoms in total. The first kappa shape index (κ1) is 19.3. The minimum Gasteiger partial charge on any atom is -0.349 e. The molecular formula is C24H19ClN4O2. The third-order valence-electron chi connectivity index (χ3n) is 5.47. The van der Waals surface area contributed by atoms with E-state index < -0.39 is 5.91 Å². The summed E-state index contributed by atoms with van der Waals surface area (Å²) < 4.78 is 0. The number of halogens is 1. The number of anilines is 1. The van der Waals surface area contributed by atoms with E-state index in [4.69, 9.17) is 11.6 Å². The van der Waals surface area contributed by atoms with E-state index in [0.717, 1.165) is 17.5 Å². The number of carbonyl (C=O) groups excluding carboxylic acids is 2. The second-order valence-electron chi connectivity index (χ2n) is 7.62. The second kappa shape index (κ2) is 7.89. The lowest BCUT2D eigenvalue weighted by Crippen LogP contribution is -2.27. The van der Waals surface area contributed by atoms with E-state index in [0.29, 0.717) is 17.2 Å². The van der Waals surface area contributed by atoms with Crippen LogP contribution in [0.5, 0.6) is 0 Å². The minimum absolute atomic E-state index is 0.0991. The van der Waals surface area contributed by atoms with Gasteiger partial charge in [-0.15, -0.1) is 0 Å². The third kappa shape index (κ3) is 4.02. The third-order valence-corrected chi connectivity index (χ3v) is 5.80. The molecule has 154 valence electrons. The first-order valence-electron chi connectivity index (χ1n) is 9.98. The first-order chi connectivity index (χ1) is 15.1. The predicted molar refractivity (Wildman–Crippen MR) is 121 cm³/mol. The zero-order valence-corrected chi connectivity index (χ0v) is 17.2. The number of fused-ring (bicyclic) bond motifs is 1. The number of nitrogens with one attached hydrogen (secondary N) is 3. The van der Waals surface area contributed by atoms with Crippen molar-refractivity contribution in [1.82, 2.24) is 15.3 Å². The number of aromatic amines is 1. The number of benzene rings is 2. The number of hydrogen-bond donors (Lipinski definition) is 3. The lowest BCUT2D eigenvalue weighted by atomic mass is 10.1. The van der Waals surface area contributed by atoms with E-state index in [1.54, 1.807) is 24.5 Å². The molecule has 1 saturated carbocycles. The Morgan fingerprint density at radius 2 is 1.87 bits per heavy atom. The molecule has 1 fully saturated rings. The largest absolute Gasteiger partial charge is 0.349 e. The van der Waals surface area contributed by atoms with Gasteiger partial charge in [0.2, 0.25) is 0 Å². The molecule has 5 rings (SSSR count). The molecule has 0 unspecified atom stereocenters. The summed E-state index contributed by atoms with van der Waals surface area (Å²) in [5.41, 5.74) is 3.14. The second-order valence-corrected chi connectivity index (χ2v) is 8.03. The van der Waals surface area contributed by atoms with Crippen LogP contribution in [-0.4, -0.2) is 27.8 Å². The van der Waals surface area contributed by atoms with Crippen LogP contribution in [0.3, 0.4) is 0 Å². The van der Waals surface area contributed by atoms with Crippen molar-refractivity contribution in [2.24, 2.45) is 0 Å². The quantitative estimate of drug-likeness (QED) is 0.427. The van der Waals surface area contributed by atoms with E-state index >= 15 is 0 Å². The number of H-pyrrole nitrogens is 1. The van der Waals surface area contributed by atoms with Crippen molar-refractivity contribution in [3.8, 4) is 0 Å². The van der Waals surface area contributed by atoms with Crippen LogP contribution in [0.15, 0.2) is 73.1 Å². The Labute approximate surface area is 183 Å². The first-order valence-corrected chi connectivity index (χ1v) is 10.4. The van der Waals surface area contributed by atoms with Gasteiger partial charge in [0.1, 0.15) is 5.65 Å². The molecule has 0 saturated heterocycles. The van der Waals surface area contributed by atoms with Crippen LogP contribution in [-0.2, 0) is 0 Å². The van der Waals surface area contributed by atoms with Gasteiger partial charge in [0.15, 0.2) is 0 Å². The molecule has 0 aliphatic heterocycles. The number of hydrogen-bond acceptors (Lipinski definition) is 3. The molecule has 2 heterocycles. The number of pyridine rings is 1. The highest BCUT2D eigenvalue weighted by atomic mass is 35.5. The summed E-state index contributed by atoms with van der Waals surface area (Å²) in [6.07, 6.45) is 4.26. The molecule has 4 aromatic rings. The predicted octanol–water partition coefficient (Wildman–Crippen LogP) is 4.75. The highest BCUT2D eigenvalue weighted by Crippen LogP contribution is 2.40. The van der Waals surface area contributed by atoms with Gasteiger partial charge in [-0.25, -0.2) is 4.98 Å². The Hall–Kier alpha value is -3.64. The van der Waals surface area contributed by atoms with Crippen molar-refractivity contribution >= 4 is 40.1 Å². The van der Waals surface area contributed by atoms with Gasteiger partial charge in [-0.2, -0.15) is 0 Å². The summed E-state index contributed by atoms with van der Waals surface area (Å²) in [5, 5.41) is 7.00. The van der Waals surface area contributed by atoms with Crippen LogP contribution in [0.25, 0.3) is 11.0 Å². The van der Waals surface area contributed by atoms with Crippen molar-refractivity contribution in [3.05, 3.63) is 94.8 Å². The van der Waals surface area contributed by atoms with Gasteiger partial charge in [0.25, 0.3) is 11.8 Å². The molecular weight excluding hydrogens is 412 g/mol. The topological polar surface area (TPSA) is 86.9 Å². The van der Waals surface area contributed by atoms with Crippen LogP contribution in [0.1, 0.15) is 38.6 Å². The molecule has 2 atom stereocenters. The Morgan fingerprint density at radius 1 is 1.03 bits per heavy atom. The molecule has 0 bridgehead atoms. The summed E-state index contributed by atoms with van der Waals surface area (Å²) in [6, 6.07) is 18.6. The van der Waals surface area contributed by atoms with Crippen molar-refractivity contribution in [1.29, 1.82) is 0 Å². The maximum Gasteiger partial charge on any atom is 0.257 e. The van der Waals surface area contributed by atoms with Gasteiger partial charge < -0.3 is 15.6 Å². The Morgan fingerprint density at radius 3 is 2.71 bits per heavy atom. The van der Waals surface area contributed by atoms with E-state index in [-0.39, 0.29) is 22.5 Å². The lowest BCUT2D eigenvalue weighted by Gasteiger charge is -2.10. The minimum atomic E-state index is -0.398. The summed E-state index contributed by atoms with van der Waals surface area (Å²) in [4.78, 5) is 32.8. The monoisotopic (exact) mass is 430 g/mol. The van der Waals surface area contributed by atoms with Gasteiger partial charge in [0, 0.05) is 29.1 Å². The SMILES string of the molecule is O=C(N[C@H]1C[C@@H]1c1ccccc1)c1ccc(Cl)c(C(=O)Nc2cnc3[nH]ccc3c2)c1. The number of aromatic nitrogens is 2. The van der Waals surface area contributed by atoms with Crippen LogP contribution in [0, 0.1) is 0 Å². The average Bonchev–Trinajstić information content (AvgIpc) is 3.39. The number of amides is 2. The smallest absolute Gasteiger partial charge is 0.257 e. The number of carbonyl (C=O) groups is 2. The van der Waals surface area contributed by atoms with Crippen molar-refractivity contribution in [2.75, 3.05) is 5.32 Å². The van der Waals surface area contributed by atoms with E-state index in [1.165, 1.54) is 11.6 Å². The summed E-state index contributed by atoms with van der Waals surface area (Å²) in [7, 11) is 0. The van der Waals surface area contributed by atoms with Crippen LogP contribution < -0.4 is 10.6 Å². The molecule has 3 N–H and O–H groups in total. The molecule has 2 aromatic carbocycles. The Bertz CT molecular complexity index is 1290. The summed E-state index contributed by atoms with van der Waals surface area (Å²) in [6.45, 7) is 0. The normalized spacial score (nSPS) is 17.3. The number of rotatable bonds is 5. The van der Waals surface area contributed by atoms with Gasteiger partial charge >= 0.3 is 0 Å². The number of nitrogens with zero attached hydrogens (tertiary/aromatic N) is 1. The maximum atomic E-state index is 12.8. The Kier molecular flexibility index (Phi) is 4.92. The van der Waals surface area contributed by atoms with Crippen molar-refractivity contribution in [3.63, 3.8) is 0 Å². The zero-order valence-electron chi connectivity index (χ0n) is 16.4. The highest BCUT2D eigenvalue weighted by Gasteiger charge is 2.39. The molecule has 0 radical (unpaired) electrons. The van der Waals surface area contributed by atoms with Gasteiger partial charge in [-0.3, -0.25) is 9.59 Å². The van der Waals surface area contributed by atoms with E-state index in [2.05, 4.69) is 32.7 Å². The zero-order chi connectivity index (χ0) is 21.4. The molecule has 2 aromatic heterocycles. The molecule has 7 heteroatoms. The van der Waals surface area contributed by atoms with Crippen molar-refractivity contribution < 1.29 is 9.59 Å². The van der Waals surface area contributed by atoms with Crippen molar-refractivity contribution in [2.45, 2.75) is 18.4 Å². The average molecular weight is 431 g/mol. The van der Waals surface area contributed by atoms with Gasteiger partial charge in [-0.05, 0) is 42.3 Å². The molecule has 31 heavy (non-hydrogen) atoms. The Balaban J connectivity index is 1.29. The maximum absolute atomic E-state index is 12.8. The summed E-state index contributed by atoms with van der Waals surface area (Å²) in [5.74, 6) is -0.287. The molecule has 0 spiro atoms. The lowest BCUT2D eigenvalue weighted by molar-refractivity contribution is 0.0950. The van der Waals surface area contributed by atoms with Crippen LogP contribution in [0.4, 0.5) is 5.69 Å². The molecule has 1 aliphatic rings. The van der Waals surface area contributed by atoms with Gasteiger partial charge in [-0.1, -0.05) is 41.9 Å². The fraction of sp³-hybridized carbons (Fsp3) is 0.125.